The SMILES string of the molecule is CNC(=O)c1cccc2c1-c1c(cccc1C(=O)O)C2. The molecule has 0 saturated heterocycles. The van der Waals surface area contributed by atoms with Gasteiger partial charge >= 0.3 is 5.97 Å². The Kier molecular flexibility index (Phi) is 2.79. The minimum Gasteiger partial charge on any atom is -0.478 e. The summed E-state index contributed by atoms with van der Waals surface area (Å²) >= 11 is 0. The van der Waals surface area contributed by atoms with Crippen LogP contribution in [0.1, 0.15) is 31.8 Å². The Balaban J connectivity index is 2.33. The van der Waals surface area contributed by atoms with E-state index in [2.05, 4.69) is 5.32 Å². The predicted molar refractivity (Wildman–Crippen MR) is 75.0 cm³/mol. The average Bonchev–Trinajstić information content (AvgIpc) is 2.84. The third kappa shape index (κ3) is 1.69. The van der Waals surface area contributed by atoms with Crippen molar-refractivity contribution in [1.82, 2.24) is 5.32 Å². The summed E-state index contributed by atoms with van der Waals surface area (Å²) in [5.41, 5.74) is 4.15. The van der Waals surface area contributed by atoms with Gasteiger partial charge in [0, 0.05) is 18.2 Å². The zero-order valence-electron chi connectivity index (χ0n) is 10.9. The average molecular weight is 267 g/mol. The second-order valence-corrected chi connectivity index (χ2v) is 4.74. The van der Waals surface area contributed by atoms with Crippen molar-refractivity contribution in [2.24, 2.45) is 0 Å². The third-order valence-corrected chi connectivity index (χ3v) is 3.63. The molecule has 0 fully saturated rings. The molecule has 0 aromatic heterocycles. The molecule has 0 saturated carbocycles. The van der Waals surface area contributed by atoms with E-state index >= 15 is 0 Å². The standard InChI is InChI=1S/C16H13NO3/c1-17-15(18)11-6-2-4-9-8-10-5-3-7-12(16(19)20)14(10)13(9)11/h2-7H,8H2,1H3,(H,17,18)(H,19,20). The number of rotatable bonds is 2. The van der Waals surface area contributed by atoms with Crippen molar-refractivity contribution in [2.45, 2.75) is 6.42 Å². The molecule has 2 aromatic carbocycles. The van der Waals surface area contributed by atoms with E-state index in [1.54, 1.807) is 25.2 Å². The van der Waals surface area contributed by atoms with Crippen LogP contribution in [0.2, 0.25) is 0 Å². The van der Waals surface area contributed by atoms with Crippen molar-refractivity contribution in [2.75, 3.05) is 7.05 Å². The van der Waals surface area contributed by atoms with Gasteiger partial charge in [-0.1, -0.05) is 24.3 Å². The van der Waals surface area contributed by atoms with E-state index in [1.165, 1.54) is 0 Å². The largest absolute Gasteiger partial charge is 0.478 e. The Bertz CT molecular complexity index is 734. The molecule has 2 N–H and O–H groups in total. The number of hydrogen-bond donors (Lipinski definition) is 2. The van der Waals surface area contributed by atoms with Crippen LogP contribution in [0, 0.1) is 0 Å². The van der Waals surface area contributed by atoms with Gasteiger partial charge in [-0.15, -0.1) is 0 Å². The lowest BCUT2D eigenvalue weighted by molar-refractivity contribution is 0.0697. The topological polar surface area (TPSA) is 66.4 Å². The number of carboxylic acid groups (broad SMARTS) is 1. The number of benzene rings is 2. The maximum absolute atomic E-state index is 12.0. The van der Waals surface area contributed by atoms with E-state index in [0.29, 0.717) is 17.5 Å². The van der Waals surface area contributed by atoms with E-state index in [9.17, 15) is 14.7 Å². The molecule has 1 aliphatic rings. The highest BCUT2D eigenvalue weighted by Crippen LogP contribution is 2.41. The number of hydrogen-bond acceptors (Lipinski definition) is 2. The summed E-state index contributed by atoms with van der Waals surface area (Å²) in [7, 11) is 1.57. The smallest absolute Gasteiger partial charge is 0.336 e. The van der Waals surface area contributed by atoms with Gasteiger partial charge in [0.25, 0.3) is 5.91 Å². The second-order valence-electron chi connectivity index (χ2n) is 4.74. The maximum Gasteiger partial charge on any atom is 0.336 e. The summed E-state index contributed by atoms with van der Waals surface area (Å²) in [6.45, 7) is 0. The highest BCUT2D eigenvalue weighted by atomic mass is 16.4. The first-order valence-electron chi connectivity index (χ1n) is 6.33. The van der Waals surface area contributed by atoms with Gasteiger partial charge in [0.05, 0.1) is 5.56 Å². The molecule has 0 atom stereocenters. The van der Waals surface area contributed by atoms with Gasteiger partial charge in [0.2, 0.25) is 0 Å². The maximum atomic E-state index is 12.0. The molecule has 2 aromatic rings. The summed E-state index contributed by atoms with van der Waals surface area (Å²) < 4.78 is 0. The van der Waals surface area contributed by atoms with Gasteiger partial charge in [0.1, 0.15) is 0 Å². The fourth-order valence-electron chi connectivity index (χ4n) is 2.79. The normalized spacial score (nSPS) is 11.7. The van der Waals surface area contributed by atoms with E-state index in [-0.39, 0.29) is 11.5 Å². The van der Waals surface area contributed by atoms with Crippen molar-refractivity contribution < 1.29 is 14.7 Å². The first-order chi connectivity index (χ1) is 9.63. The van der Waals surface area contributed by atoms with Gasteiger partial charge < -0.3 is 10.4 Å². The quantitative estimate of drug-likeness (QED) is 0.748. The van der Waals surface area contributed by atoms with E-state index in [1.807, 2.05) is 18.2 Å². The highest BCUT2D eigenvalue weighted by Gasteiger charge is 2.27. The number of carbonyl (C=O) groups is 2. The minimum absolute atomic E-state index is 0.199. The zero-order valence-corrected chi connectivity index (χ0v) is 10.9. The van der Waals surface area contributed by atoms with Crippen LogP contribution >= 0.6 is 0 Å². The molecular weight excluding hydrogens is 254 g/mol. The molecule has 1 aliphatic carbocycles. The van der Waals surface area contributed by atoms with Crippen molar-refractivity contribution in [3.8, 4) is 11.1 Å². The van der Waals surface area contributed by atoms with Crippen LogP contribution in [-0.4, -0.2) is 24.0 Å². The van der Waals surface area contributed by atoms with Crippen LogP contribution in [0.15, 0.2) is 36.4 Å². The lowest BCUT2D eigenvalue weighted by Crippen LogP contribution is -2.19. The van der Waals surface area contributed by atoms with Crippen molar-refractivity contribution in [1.29, 1.82) is 0 Å². The summed E-state index contributed by atoms with van der Waals surface area (Å²) in [6, 6.07) is 10.7. The van der Waals surface area contributed by atoms with E-state index in [4.69, 9.17) is 0 Å². The number of aromatic carboxylic acids is 1. The fourth-order valence-corrected chi connectivity index (χ4v) is 2.79. The predicted octanol–water partition coefficient (Wildman–Crippen LogP) is 2.32. The van der Waals surface area contributed by atoms with Crippen LogP contribution < -0.4 is 5.32 Å². The van der Waals surface area contributed by atoms with Crippen molar-refractivity contribution in [3.63, 3.8) is 0 Å². The van der Waals surface area contributed by atoms with E-state index in [0.717, 1.165) is 16.7 Å². The first-order valence-corrected chi connectivity index (χ1v) is 6.33. The summed E-state index contributed by atoms with van der Waals surface area (Å²) in [5.74, 6) is -1.17. The zero-order chi connectivity index (χ0) is 14.3. The van der Waals surface area contributed by atoms with Gasteiger partial charge in [-0.3, -0.25) is 4.79 Å². The van der Waals surface area contributed by atoms with Crippen molar-refractivity contribution >= 4 is 11.9 Å². The van der Waals surface area contributed by atoms with Gasteiger partial charge in [-0.05, 0) is 35.2 Å². The number of carbonyl (C=O) groups excluding carboxylic acids is 1. The number of amides is 1. The highest BCUT2D eigenvalue weighted by molar-refractivity contribution is 6.07. The first kappa shape index (κ1) is 12.4. The van der Waals surface area contributed by atoms with Crippen LogP contribution in [0.5, 0.6) is 0 Å². The lowest BCUT2D eigenvalue weighted by Gasteiger charge is -2.10. The molecule has 4 heteroatoms. The molecule has 0 aliphatic heterocycles. The van der Waals surface area contributed by atoms with Gasteiger partial charge in [0.15, 0.2) is 0 Å². The van der Waals surface area contributed by atoms with Gasteiger partial charge in [-0.25, -0.2) is 4.79 Å². The minimum atomic E-state index is -0.971. The number of carboxylic acids is 1. The Morgan fingerprint density at radius 1 is 1.00 bits per heavy atom. The monoisotopic (exact) mass is 267 g/mol. The Hall–Kier alpha value is -2.62. The summed E-state index contributed by atoms with van der Waals surface area (Å²) in [4.78, 5) is 23.4. The third-order valence-electron chi connectivity index (χ3n) is 3.63. The van der Waals surface area contributed by atoms with Gasteiger partial charge in [-0.2, -0.15) is 0 Å². The Morgan fingerprint density at radius 2 is 1.55 bits per heavy atom. The molecule has 0 unspecified atom stereocenters. The summed E-state index contributed by atoms with van der Waals surface area (Å²) in [5, 5.41) is 12.0. The Morgan fingerprint density at radius 3 is 2.10 bits per heavy atom. The second kappa shape index (κ2) is 4.49. The van der Waals surface area contributed by atoms with E-state index < -0.39 is 5.97 Å². The number of fused-ring (bicyclic) bond motifs is 3. The Labute approximate surface area is 116 Å². The molecule has 0 heterocycles. The molecule has 0 radical (unpaired) electrons. The molecule has 0 spiro atoms. The molecule has 100 valence electrons. The van der Waals surface area contributed by atoms with Crippen LogP contribution in [-0.2, 0) is 6.42 Å². The molecular formula is C16H13NO3. The number of nitrogens with one attached hydrogen (secondary N) is 1. The fraction of sp³-hybridized carbons (Fsp3) is 0.125. The molecule has 3 rings (SSSR count). The molecule has 0 bridgehead atoms. The van der Waals surface area contributed by atoms with Crippen LogP contribution in [0.25, 0.3) is 11.1 Å². The van der Waals surface area contributed by atoms with Crippen molar-refractivity contribution in [3.05, 3.63) is 58.7 Å². The molecule has 1 amide bonds. The molecule has 20 heavy (non-hydrogen) atoms. The molecule has 4 nitrogen and oxygen atoms in total. The van der Waals surface area contributed by atoms with Crippen LogP contribution in [0.3, 0.4) is 0 Å². The lowest BCUT2D eigenvalue weighted by atomic mass is 9.95. The van der Waals surface area contributed by atoms with Crippen LogP contribution in [0.4, 0.5) is 0 Å². The summed E-state index contributed by atoms with van der Waals surface area (Å²) in [6.07, 6.45) is 0.663.